The summed E-state index contributed by atoms with van der Waals surface area (Å²) in [5.41, 5.74) is -0.635. The van der Waals surface area contributed by atoms with Gasteiger partial charge < -0.3 is 10.1 Å². The molecule has 1 fully saturated rings. The van der Waals surface area contributed by atoms with E-state index in [9.17, 15) is 18.0 Å². The Morgan fingerprint density at radius 3 is 2.56 bits per heavy atom. The van der Waals surface area contributed by atoms with Crippen LogP contribution in [0.2, 0.25) is 0 Å². The van der Waals surface area contributed by atoms with E-state index in [1.54, 1.807) is 0 Å². The quantitative estimate of drug-likeness (QED) is 0.858. The zero-order chi connectivity index (χ0) is 12.5. The van der Waals surface area contributed by atoms with E-state index in [1.165, 1.54) is 18.2 Å². The van der Waals surface area contributed by atoms with Crippen molar-refractivity contribution in [1.82, 2.24) is 5.32 Å². The first-order valence-corrected chi connectivity index (χ1v) is 5.08. The predicted octanol–water partition coefficient (Wildman–Crippen LogP) is 3.30. The van der Waals surface area contributed by atoms with Crippen LogP contribution in [0.3, 0.4) is 0 Å². The number of alkyl halides is 3. The minimum Gasteiger partial charge on any atom is -0.449 e. The third kappa shape index (κ3) is 3.07. The number of nitrogens with one attached hydrogen (secondary N) is 1. The van der Waals surface area contributed by atoms with Crippen LogP contribution < -0.4 is 5.32 Å². The summed E-state index contributed by atoms with van der Waals surface area (Å²) in [5.74, 6) is 0. The predicted molar refractivity (Wildman–Crippen MR) is 60.5 cm³/mol. The summed E-state index contributed by atoms with van der Waals surface area (Å²) in [4.78, 5) is 11.0. The lowest BCUT2D eigenvalue weighted by Crippen LogP contribution is -2.36. The van der Waals surface area contributed by atoms with Crippen LogP contribution in [0.1, 0.15) is 23.6 Å². The second-order valence-corrected chi connectivity index (χ2v) is 3.71. The van der Waals surface area contributed by atoms with E-state index in [0.717, 1.165) is 6.07 Å². The molecule has 3 nitrogen and oxygen atoms in total. The molecule has 1 aliphatic rings. The number of amides is 1. The first-order valence-electron chi connectivity index (χ1n) is 5.08. The monoisotopic (exact) mass is 281 g/mol. The molecule has 18 heavy (non-hydrogen) atoms. The average Bonchev–Trinajstić information content (AvgIpc) is 2.28. The van der Waals surface area contributed by atoms with Crippen molar-refractivity contribution in [2.45, 2.75) is 18.6 Å². The highest BCUT2D eigenvalue weighted by Crippen LogP contribution is 2.35. The van der Waals surface area contributed by atoms with Gasteiger partial charge in [0.25, 0.3) is 0 Å². The standard InChI is InChI=1S/C11H10F3NO2.ClH/c12-11(13,14)8-4-2-1-3-7(8)9-5-6-17-10(16)15-9;/h1-4,9H,5-6H2,(H,15,16);1H/t9-;/m0./s1. The Balaban J connectivity index is 0.00000162. The van der Waals surface area contributed by atoms with Crippen LogP contribution in [0, 0.1) is 0 Å². The Morgan fingerprint density at radius 2 is 1.94 bits per heavy atom. The van der Waals surface area contributed by atoms with E-state index in [4.69, 9.17) is 0 Å². The van der Waals surface area contributed by atoms with Crippen molar-refractivity contribution in [2.75, 3.05) is 6.61 Å². The summed E-state index contributed by atoms with van der Waals surface area (Å²) in [7, 11) is 0. The maximum absolute atomic E-state index is 12.8. The second kappa shape index (κ2) is 5.48. The van der Waals surface area contributed by atoms with Crippen molar-refractivity contribution >= 4 is 18.5 Å². The molecule has 1 aliphatic heterocycles. The van der Waals surface area contributed by atoms with Crippen molar-refractivity contribution in [3.8, 4) is 0 Å². The largest absolute Gasteiger partial charge is 0.449 e. The highest BCUT2D eigenvalue weighted by Gasteiger charge is 2.36. The highest BCUT2D eigenvalue weighted by atomic mass is 35.5. The SMILES string of the molecule is Cl.O=C1N[C@H](c2ccccc2C(F)(F)F)CCO1. The lowest BCUT2D eigenvalue weighted by molar-refractivity contribution is -0.138. The molecular weight excluding hydrogens is 271 g/mol. The van der Waals surface area contributed by atoms with E-state index < -0.39 is 23.9 Å². The Bertz CT molecular complexity index is 437. The number of cyclic esters (lactones) is 1. The number of carbonyl (C=O) groups is 1. The third-order valence-electron chi connectivity index (χ3n) is 2.57. The van der Waals surface area contributed by atoms with Gasteiger partial charge in [-0.1, -0.05) is 18.2 Å². The maximum atomic E-state index is 12.8. The number of benzene rings is 1. The van der Waals surface area contributed by atoms with Crippen molar-refractivity contribution in [3.05, 3.63) is 35.4 Å². The molecule has 1 heterocycles. The van der Waals surface area contributed by atoms with Gasteiger partial charge in [0.2, 0.25) is 0 Å². The number of rotatable bonds is 1. The molecule has 0 aromatic heterocycles. The van der Waals surface area contributed by atoms with Crippen molar-refractivity contribution < 1.29 is 22.7 Å². The molecule has 0 unspecified atom stereocenters. The van der Waals surface area contributed by atoms with Gasteiger partial charge >= 0.3 is 12.3 Å². The third-order valence-corrected chi connectivity index (χ3v) is 2.57. The van der Waals surface area contributed by atoms with E-state index in [0.29, 0.717) is 6.42 Å². The van der Waals surface area contributed by atoms with Gasteiger partial charge in [0, 0.05) is 6.42 Å². The first kappa shape index (κ1) is 14.6. The average molecular weight is 282 g/mol. The van der Waals surface area contributed by atoms with Gasteiger partial charge in [0.1, 0.15) is 0 Å². The van der Waals surface area contributed by atoms with E-state index in [2.05, 4.69) is 10.1 Å². The topological polar surface area (TPSA) is 38.3 Å². The normalized spacial score (nSPS) is 19.5. The molecule has 0 saturated carbocycles. The van der Waals surface area contributed by atoms with E-state index in [-0.39, 0.29) is 24.6 Å². The fourth-order valence-corrected chi connectivity index (χ4v) is 1.82. The summed E-state index contributed by atoms with van der Waals surface area (Å²) in [5, 5.41) is 2.38. The number of hydrogen-bond donors (Lipinski definition) is 1. The van der Waals surface area contributed by atoms with Gasteiger partial charge in [-0.15, -0.1) is 12.4 Å². The molecule has 0 aliphatic carbocycles. The summed E-state index contributed by atoms with van der Waals surface area (Å²) in [6, 6.07) is 4.59. The molecule has 100 valence electrons. The van der Waals surface area contributed by atoms with Crippen LogP contribution >= 0.6 is 12.4 Å². The fourth-order valence-electron chi connectivity index (χ4n) is 1.82. The summed E-state index contributed by atoms with van der Waals surface area (Å²) in [6.45, 7) is 0.128. The molecule has 1 N–H and O–H groups in total. The fraction of sp³-hybridized carbons (Fsp3) is 0.364. The minimum atomic E-state index is -4.42. The Labute approximate surface area is 108 Å². The molecule has 1 amide bonds. The van der Waals surface area contributed by atoms with Crippen molar-refractivity contribution in [1.29, 1.82) is 0 Å². The molecule has 1 aromatic carbocycles. The molecule has 0 spiro atoms. The Morgan fingerprint density at radius 1 is 1.28 bits per heavy atom. The van der Waals surface area contributed by atoms with Crippen LogP contribution in [0.25, 0.3) is 0 Å². The molecular formula is C11H11ClF3NO2. The zero-order valence-electron chi connectivity index (χ0n) is 9.16. The summed E-state index contributed by atoms with van der Waals surface area (Å²) >= 11 is 0. The van der Waals surface area contributed by atoms with Crippen molar-refractivity contribution in [3.63, 3.8) is 0 Å². The number of hydrogen-bond acceptors (Lipinski definition) is 2. The summed E-state index contributed by atoms with van der Waals surface area (Å²) in [6.07, 6.45) is -4.77. The van der Waals surface area contributed by atoms with Crippen LogP contribution in [0.5, 0.6) is 0 Å². The van der Waals surface area contributed by atoms with Gasteiger partial charge in [0.05, 0.1) is 18.2 Å². The lowest BCUT2D eigenvalue weighted by Gasteiger charge is -2.26. The van der Waals surface area contributed by atoms with Gasteiger partial charge in [-0.05, 0) is 11.6 Å². The molecule has 0 radical (unpaired) electrons. The lowest BCUT2D eigenvalue weighted by atomic mass is 9.97. The van der Waals surface area contributed by atoms with Gasteiger partial charge in [-0.2, -0.15) is 13.2 Å². The van der Waals surface area contributed by atoms with E-state index >= 15 is 0 Å². The minimum absolute atomic E-state index is 0. The second-order valence-electron chi connectivity index (χ2n) is 3.71. The first-order chi connectivity index (χ1) is 7.98. The molecule has 1 aromatic rings. The van der Waals surface area contributed by atoms with Crippen LogP contribution in [0.15, 0.2) is 24.3 Å². The molecule has 1 saturated heterocycles. The number of halogens is 4. The van der Waals surface area contributed by atoms with Crippen LogP contribution in [0.4, 0.5) is 18.0 Å². The molecule has 1 atom stereocenters. The summed E-state index contributed by atoms with van der Waals surface area (Å²) < 4.78 is 42.9. The molecule has 0 bridgehead atoms. The highest BCUT2D eigenvalue weighted by molar-refractivity contribution is 5.85. The Kier molecular flexibility index (Phi) is 4.45. The van der Waals surface area contributed by atoms with Gasteiger partial charge in [0.15, 0.2) is 0 Å². The van der Waals surface area contributed by atoms with Gasteiger partial charge in [-0.25, -0.2) is 4.79 Å². The molecule has 2 rings (SSSR count). The number of carbonyl (C=O) groups excluding carboxylic acids is 1. The zero-order valence-corrected chi connectivity index (χ0v) is 9.98. The number of ether oxygens (including phenoxy) is 1. The molecule has 7 heteroatoms. The van der Waals surface area contributed by atoms with Crippen molar-refractivity contribution in [2.24, 2.45) is 0 Å². The maximum Gasteiger partial charge on any atom is 0.416 e. The smallest absolute Gasteiger partial charge is 0.416 e. The van der Waals surface area contributed by atoms with Gasteiger partial charge in [-0.3, -0.25) is 0 Å². The van der Waals surface area contributed by atoms with E-state index in [1.807, 2.05) is 0 Å². The van der Waals surface area contributed by atoms with Crippen LogP contribution in [-0.4, -0.2) is 12.7 Å². The van der Waals surface area contributed by atoms with Crippen LogP contribution in [-0.2, 0) is 10.9 Å². The Hall–Kier alpha value is -1.43. The number of alkyl carbamates (subject to hydrolysis) is 1.